The third-order valence-corrected chi connectivity index (χ3v) is 3.81. The van der Waals surface area contributed by atoms with E-state index in [4.69, 9.17) is 0 Å². The van der Waals surface area contributed by atoms with Crippen LogP contribution in [0.5, 0.6) is 0 Å². The lowest BCUT2D eigenvalue weighted by atomic mass is 9.92. The van der Waals surface area contributed by atoms with E-state index in [0.717, 1.165) is 18.2 Å². The summed E-state index contributed by atoms with van der Waals surface area (Å²) in [6.45, 7) is 0. The summed E-state index contributed by atoms with van der Waals surface area (Å²) < 4.78 is 148. The van der Waals surface area contributed by atoms with Gasteiger partial charge in [0.25, 0.3) is 5.69 Å². The number of nitro groups is 1. The molecule has 1 unspecified atom stereocenters. The van der Waals surface area contributed by atoms with Gasteiger partial charge in [-0.05, 0) is 6.07 Å². The number of para-hydroxylation sites is 1. The Labute approximate surface area is 154 Å². The molecule has 0 amide bonds. The van der Waals surface area contributed by atoms with E-state index in [2.05, 4.69) is 4.74 Å². The Morgan fingerprint density at radius 1 is 0.897 bits per heavy atom. The predicted molar refractivity (Wildman–Crippen MR) is 73.3 cm³/mol. The number of alkyl halides is 11. The van der Waals surface area contributed by atoms with Crippen LogP contribution in [0.15, 0.2) is 24.3 Å². The molecule has 4 nitrogen and oxygen atoms in total. The number of ether oxygens (including phenoxy) is 1. The quantitative estimate of drug-likeness (QED) is 0.288. The third-order valence-electron chi connectivity index (χ3n) is 3.81. The first-order valence-electron chi connectivity index (χ1n) is 7.19. The molecule has 0 heterocycles. The van der Waals surface area contributed by atoms with Crippen molar-refractivity contribution in [2.75, 3.05) is 7.11 Å². The number of benzene rings is 1. The van der Waals surface area contributed by atoms with Crippen LogP contribution >= 0.6 is 0 Å². The van der Waals surface area contributed by atoms with E-state index in [0.29, 0.717) is 13.2 Å². The first-order valence-corrected chi connectivity index (χ1v) is 7.19. The van der Waals surface area contributed by atoms with Crippen molar-refractivity contribution in [2.24, 2.45) is 0 Å². The summed E-state index contributed by atoms with van der Waals surface area (Å²) in [6.07, 6.45) is -12.3. The van der Waals surface area contributed by atoms with Crippen LogP contribution in [-0.2, 0) is 4.74 Å². The summed E-state index contributed by atoms with van der Waals surface area (Å²) in [5.41, 5.74) is -1.78. The van der Waals surface area contributed by atoms with E-state index in [9.17, 15) is 58.4 Å². The molecule has 15 heteroatoms. The molecule has 0 aliphatic rings. The molecule has 0 radical (unpaired) electrons. The summed E-state index contributed by atoms with van der Waals surface area (Å²) in [7, 11) is 0.554. The molecule has 0 fully saturated rings. The molecule has 1 atom stereocenters. The summed E-state index contributed by atoms with van der Waals surface area (Å²) in [5, 5.41) is 10.9. The Bertz CT molecular complexity index is 749. The minimum Gasteiger partial charge on any atom is -0.376 e. The fraction of sp³-hybridized carbons (Fsp3) is 0.571. The van der Waals surface area contributed by atoms with Gasteiger partial charge in [-0.25, -0.2) is 0 Å². The predicted octanol–water partition coefficient (Wildman–Crippen LogP) is 5.78. The van der Waals surface area contributed by atoms with Gasteiger partial charge in [-0.1, -0.05) is 12.1 Å². The summed E-state index contributed by atoms with van der Waals surface area (Å²) in [6, 6.07) is 3.46. The summed E-state index contributed by atoms with van der Waals surface area (Å²) >= 11 is 0. The van der Waals surface area contributed by atoms with Crippen LogP contribution in [0.4, 0.5) is 54.0 Å². The topological polar surface area (TPSA) is 52.4 Å². The van der Waals surface area contributed by atoms with Crippen molar-refractivity contribution in [1.29, 1.82) is 0 Å². The van der Waals surface area contributed by atoms with E-state index in [-0.39, 0.29) is 0 Å². The van der Waals surface area contributed by atoms with Gasteiger partial charge in [0.15, 0.2) is 0 Å². The summed E-state index contributed by atoms with van der Waals surface area (Å²) in [4.78, 5) is 9.71. The Morgan fingerprint density at radius 3 is 1.79 bits per heavy atom. The molecule has 0 aliphatic heterocycles. The molecule has 0 saturated heterocycles. The molecule has 1 aromatic rings. The number of methoxy groups -OCH3 is 1. The highest BCUT2D eigenvalue weighted by molar-refractivity contribution is 5.41. The smallest absolute Gasteiger partial charge is 0.376 e. The fourth-order valence-electron chi connectivity index (χ4n) is 2.21. The van der Waals surface area contributed by atoms with Gasteiger partial charge < -0.3 is 4.74 Å². The SMILES string of the molecule is COC(CC(F)(F)C(F)(F)C(F)(F)C(F)(F)C(F)(F)F)c1ccccc1[N+](=O)[O-]. The second-order valence-corrected chi connectivity index (χ2v) is 5.67. The van der Waals surface area contributed by atoms with Gasteiger partial charge in [-0.3, -0.25) is 10.1 Å². The fourth-order valence-corrected chi connectivity index (χ4v) is 2.21. The zero-order valence-electron chi connectivity index (χ0n) is 13.9. The van der Waals surface area contributed by atoms with E-state index in [1.165, 1.54) is 0 Å². The molecule has 29 heavy (non-hydrogen) atoms. The average Bonchev–Trinajstić information content (AvgIpc) is 2.58. The molecule has 0 aromatic heterocycles. The van der Waals surface area contributed by atoms with E-state index < -0.39 is 58.6 Å². The molecule has 0 saturated carbocycles. The van der Waals surface area contributed by atoms with Crippen LogP contribution in [0, 0.1) is 10.1 Å². The van der Waals surface area contributed by atoms with Crippen molar-refractivity contribution < 1.29 is 58.0 Å². The lowest BCUT2D eigenvalue weighted by Gasteiger charge is -2.38. The minimum atomic E-state index is -7.55. The zero-order valence-corrected chi connectivity index (χ0v) is 13.9. The Balaban J connectivity index is 3.41. The highest BCUT2D eigenvalue weighted by Gasteiger charge is 2.87. The van der Waals surface area contributed by atoms with Crippen molar-refractivity contribution in [3.8, 4) is 0 Å². The van der Waals surface area contributed by atoms with Crippen molar-refractivity contribution in [3.05, 3.63) is 39.9 Å². The summed E-state index contributed by atoms with van der Waals surface area (Å²) in [5.74, 6) is -28.5. The molecular formula is C14H10F11NO3. The first kappa shape index (κ1) is 24.8. The molecule has 0 spiro atoms. The van der Waals surface area contributed by atoms with Crippen LogP contribution in [-0.4, -0.2) is 41.9 Å². The van der Waals surface area contributed by atoms with Gasteiger partial charge in [-0.15, -0.1) is 0 Å². The number of hydrogen-bond donors (Lipinski definition) is 0. The molecule has 0 aliphatic carbocycles. The Morgan fingerprint density at radius 2 is 1.38 bits per heavy atom. The van der Waals surface area contributed by atoms with Crippen LogP contribution in [0.2, 0.25) is 0 Å². The largest absolute Gasteiger partial charge is 0.460 e. The van der Waals surface area contributed by atoms with Gasteiger partial charge in [0.05, 0.1) is 16.6 Å². The van der Waals surface area contributed by atoms with Crippen LogP contribution in [0.1, 0.15) is 18.1 Å². The number of nitrogens with zero attached hydrogens (tertiary/aromatic N) is 1. The number of rotatable bonds is 8. The number of nitro benzene ring substituents is 1. The van der Waals surface area contributed by atoms with Crippen molar-refractivity contribution in [1.82, 2.24) is 0 Å². The van der Waals surface area contributed by atoms with Gasteiger partial charge >= 0.3 is 29.9 Å². The normalized spacial score (nSPS) is 15.3. The number of halogens is 11. The monoisotopic (exact) mass is 449 g/mol. The maximum absolute atomic E-state index is 13.9. The number of hydrogen-bond acceptors (Lipinski definition) is 3. The lowest BCUT2D eigenvalue weighted by Crippen LogP contribution is -2.66. The van der Waals surface area contributed by atoms with Crippen LogP contribution in [0.3, 0.4) is 0 Å². The van der Waals surface area contributed by atoms with E-state index >= 15 is 0 Å². The van der Waals surface area contributed by atoms with Crippen molar-refractivity contribution >= 4 is 5.69 Å². The van der Waals surface area contributed by atoms with E-state index in [1.54, 1.807) is 0 Å². The highest BCUT2D eigenvalue weighted by atomic mass is 19.4. The Hall–Kier alpha value is -2.19. The second kappa shape index (κ2) is 7.57. The van der Waals surface area contributed by atoms with Gasteiger partial charge in [-0.2, -0.15) is 48.3 Å². The average molecular weight is 449 g/mol. The van der Waals surface area contributed by atoms with Crippen molar-refractivity contribution in [2.45, 2.75) is 42.4 Å². The highest BCUT2D eigenvalue weighted by Crippen LogP contribution is 2.58. The maximum Gasteiger partial charge on any atom is 0.460 e. The molecule has 0 bridgehead atoms. The van der Waals surface area contributed by atoms with Crippen molar-refractivity contribution in [3.63, 3.8) is 0 Å². The molecule has 1 rings (SSSR count). The Kier molecular flexibility index (Phi) is 6.49. The van der Waals surface area contributed by atoms with Gasteiger partial charge in [0.1, 0.15) is 0 Å². The molecule has 1 aromatic carbocycles. The van der Waals surface area contributed by atoms with Crippen LogP contribution in [0.25, 0.3) is 0 Å². The van der Waals surface area contributed by atoms with Gasteiger partial charge in [0, 0.05) is 19.6 Å². The second-order valence-electron chi connectivity index (χ2n) is 5.67. The first-order chi connectivity index (χ1) is 12.8. The lowest BCUT2D eigenvalue weighted by molar-refractivity contribution is -0.423. The minimum absolute atomic E-state index is 0.554. The maximum atomic E-state index is 13.9. The van der Waals surface area contributed by atoms with E-state index in [1.807, 2.05) is 0 Å². The zero-order chi connectivity index (χ0) is 23.1. The molecule has 166 valence electrons. The molecular weight excluding hydrogens is 439 g/mol. The molecule has 0 N–H and O–H groups in total. The van der Waals surface area contributed by atoms with Crippen LogP contribution < -0.4 is 0 Å². The van der Waals surface area contributed by atoms with Gasteiger partial charge in [0.2, 0.25) is 0 Å². The third kappa shape index (κ3) is 4.09. The standard InChI is InChI=1S/C14H10F11NO3/c1-29-9(7-4-2-3-5-8(7)26(27)28)6-10(15,16)11(17,18)12(19,20)13(21,22)14(23,24)25/h2-5,9H,6H2,1H3.